The zero-order valence-corrected chi connectivity index (χ0v) is 15.2. The first-order valence-electron chi connectivity index (χ1n) is 9.08. The molecule has 148 valence electrons. The van der Waals surface area contributed by atoms with E-state index >= 15 is 0 Å². The number of alkyl halides is 3. The van der Waals surface area contributed by atoms with Crippen molar-refractivity contribution in [1.29, 1.82) is 0 Å². The van der Waals surface area contributed by atoms with Crippen LogP contribution in [0.3, 0.4) is 0 Å². The van der Waals surface area contributed by atoms with Crippen LogP contribution < -0.4 is 15.5 Å². The standard InChI is InChI=1S/C18H23F3N4O2/c1-10(2)16(26)23-12-7-13-4-5-14(8-12)25(13)15-6-3-11(9-22-15)24-17(27)18(19,20)21/h3,6,9-10,12-14H,4-5,7-8H2,1-2H3,(H,23,26)(H,24,27). The lowest BCUT2D eigenvalue weighted by Crippen LogP contribution is -2.51. The lowest BCUT2D eigenvalue weighted by Gasteiger charge is -2.40. The van der Waals surface area contributed by atoms with Crippen LogP contribution in [-0.2, 0) is 9.59 Å². The van der Waals surface area contributed by atoms with Crippen LogP contribution in [0.5, 0.6) is 0 Å². The average Bonchev–Trinajstić information content (AvgIpc) is 2.85. The molecule has 6 nitrogen and oxygen atoms in total. The van der Waals surface area contributed by atoms with E-state index in [4.69, 9.17) is 0 Å². The van der Waals surface area contributed by atoms with Gasteiger partial charge in [0.25, 0.3) is 0 Å². The Balaban J connectivity index is 1.64. The number of nitrogens with zero attached hydrogens (tertiary/aromatic N) is 2. The van der Waals surface area contributed by atoms with Crippen LogP contribution in [0.1, 0.15) is 39.5 Å². The quantitative estimate of drug-likeness (QED) is 0.837. The Morgan fingerprint density at radius 3 is 2.30 bits per heavy atom. The molecule has 0 spiro atoms. The van der Waals surface area contributed by atoms with Gasteiger partial charge in [0, 0.05) is 24.0 Å². The van der Waals surface area contributed by atoms with Gasteiger partial charge in [-0.25, -0.2) is 4.98 Å². The molecule has 3 heterocycles. The molecule has 2 aliphatic heterocycles. The van der Waals surface area contributed by atoms with Crippen molar-refractivity contribution in [2.24, 2.45) is 5.92 Å². The van der Waals surface area contributed by atoms with Gasteiger partial charge < -0.3 is 15.5 Å². The van der Waals surface area contributed by atoms with E-state index < -0.39 is 12.1 Å². The molecule has 2 unspecified atom stereocenters. The monoisotopic (exact) mass is 384 g/mol. The number of pyridine rings is 1. The smallest absolute Gasteiger partial charge is 0.353 e. The van der Waals surface area contributed by atoms with Gasteiger partial charge in [0.05, 0.1) is 11.9 Å². The molecule has 2 atom stereocenters. The average molecular weight is 384 g/mol. The Morgan fingerprint density at radius 2 is 1.81 bits per heavy atom. The highest BCUT2D eigenvalue weighted by molar-refractivity contribution is 5.94. The number of carbonyl (C=O) groups is 2. The summed E-state index contributed by atoms with van der Waals surface area (Å²) in [7, 11) is 0. The Bertz CT molecular complexity index is 692. The van der Waals surface area contributed by atoms with E-state index in [1.54, 1.807) is 11.4 Å². The van der Waals surface area contributed by atoms with Crippen LogP contribution in [0, 0.1) is 5.92 Å². The van der Waals surface area contributed by atoms with Crippen molar-refractivity contribution in [3.8, 4) is 0 Å². The van der Waals surface area contributed by atoms with Gasteiger partial charge in [-0.05, 0) is 37.8 Å². The van der Waals surface area contributed by atoms with Gasteiger partial charge in [-0.2, -0.15) is 13.2 Å². The van der Waals surface area contributed by atoms with E-state index in [1.807, 2.05) is 13.8 Å². The zero-order chi connectivity index (χ0) is 19.8. The lowest BCUT2D eigenvalue weighted by molar-refractivity contribution is -0.167. The van der Waals surface area contributed by atoms with Gasteiger partial charge in [0.15, 0.2) is 0 Å². The minimum Gasteiger partial charge on any atom is -0.353 e. The number of aromatic nitrogens is 1. The van der Waals surface area contributed by atoms with Crippen molar-refractivity contribution in [1.82, 2.24) is 10.3 Å². The largest absolute Gasteiger partial charge is 0.471 e. The van der Waals surface area contributed by atoms with E-state index in [2.05, 4.69) is 15.2 Å². The number of amides is 2. The number of anilines is 2. The molecule has 2 fully saturated rings. The highest BCUT2D eigenvalue weighted by Crippen LogP contribution is 2.38. The van der Waals surface area contributed by atoms with Crippen molar-refractivity contribution < 1.29 is 22.8 Å². The Labute approximate surface area is 155 Å². The molecule has 2 amide bonds. The van der Waals surface area contributed by atoms with Gasteiger partial charge in [0.2, 0.25) is 5.91 Å². The van der Waals surface area contributed by atoms with E-state index in [0.29, 0.717) is 5.82 Å². The molecule has 1 aromatic heterocycles. The van der Waals surface area contributed by atoms with Crippen molar-refractivity contribution in [2.75, 3.05) is 10.2 Å². The molecule has 0 aliphatic carbocycles. The van der Waals surface area contributed by atoms with Crippen molar-refractivity contribution >= 4 is 23.3 Å². The molecule has 9 heteroatoms. The van der Waals surface area contributed by atoms with E-state index in [9.17, 15) is 22.8 Å². The number of fused-ring (bicyclic) bond motifs is 2. The second kappa shape index (κ2) is 7.36. The molecule has 0 saturated carbocycles. The summed E-state index contributed by atoms with van der Waals surface area (Å²) in [5, 5.41) is 4.89. The predicted octanol–water partition coefficient (Wildman–Crippen LogP) is 2.85. The fraction of sp³-hybridized carbons (Fsp3) is 0.611. The Kier molecular flexibility index (Phi) is 5.30. The third kappa shape index (κ3) is 4.33. The molecule has 2 aliphatic rings. The molecule has 3 rings (SSSR count). The number of halogens is 3. The summed E-state index contributed by atoms with van der Waals surface area (Å²) in [5.74, 6) is -1.34. The zero-order valence-electron chi connectivity index (χ0n) is 15.2. The molecule has 0 radical (unpaired) electrons. The normalized spacial score (nSPS) is 24.8. The number of rotatable bonds is 4. The van der Waals surface area contributed by atoms with E-state index in [0.717, 1.165) is 25.7 Å². The summed E-state index contributed by atoms with van der Waals surface area (Å²) in [6.07, 6.45) is -0.0581. The maximum Gasteiger partial charge on any atom is 0.471 e. The lowest BCUT2D eigenvalue weighted by atomic mass is 9.96. The third-order valence-electron chi connectivity index (χ3n) is 5.13. The first kappa shape index (κ1) is 19.4. The highest BCUT2D eigenvalue weighted by Gasteiger charge is 2.42. The van der Waals surface area contributed by atoms with Crippen LogP contribution in [0.25, 0.3) is 0 Å². The summed E-state index contributed by atoms with van der Waals surface area (Å²) in [6.45, 7) is 3.73. The third-order valence-corrected chi connectivity index (χ3v) is 5.13. The van der Waals surface area contributed by atoms with Crippen molar-refractivity contribution in [3.05, 3.63) is 18.3 Å². The molecular weight excluding hydrogens is 361 g/mol. The van der Waals surface area contributed by atoms with Crippen LogP contribution in [-0.4, -0.2) is 41.1 Å². The Hall–Kier alpha value is -2.32. The molecule has 2 N–H and O–H groups in total. The predicted molar refractivity (Wildman–Crippen MR) is 94.2 cm³/mol. The van der Waals surface area contributed by atoms with Gasteiger partial charge in [-0.3, -0.25) is 9.59 Å². The topological polar surface area (TPSA) is 74.3 Å². The molecule has 27 heavy (non-hydrogen) atoms. The van der Waals surface area contributed by atoms with Gasteiger partial charge >= 0.3 is 12.1 Å². The minimum absolute atomic E-state index is 0.00695. The fourth-order valence-corrected chi connectivity index (χ4v) is 3.85. The van der Waals surface area contributed by atoms with E-state index in [-0.39, 0.29) is 35.6 Å². The molecule has 1 aromatic rings. The minimum atomic E-state index is -4.93. The van der Waals surface area contributed by atoms with Gasteiger partial charge in [-0.15, -0.1) is 0 Å². The second-order valence-corrected chi connectivity index (χ2v) is 7.48. The summed E-state index contributed by atoms with van der Waals surface area (Å²) < 4.78 is 37.0. The number of carbonyl (C=O) groups excluding carboxylic acids is 2. The van der Waals surface area contributed by atoms with Gasteiger partial charge in [0.1, 0.15) is 5.82 Å². The fourth-order valence-electron chi connectivity index (χ4n) is 3.85. The highest BCUT2D eigenvalue weighted by atomic mass is 19.4. The van der Waals surface area contributed by atoms with Crippen LogP contribution >= 0.6 is 0 Å². The second-order valence-electron chi connectivity index (χ2n) is 7.48. The summed E-state index contributed by atoms with van der Waals surface area (Å²) in [6, 6.07) is 3.68. The number of nitrogens with one attached hydrogen (secondary N) is 2. The molecule has 2 bridgehead atoms. The Morgan fingerprint density at radius 1 is 1.19 bits per heavy atom. The first-order valence-corrected chi connectivity index (χ1v) is 9.08. The van der Waals surface area contributed by atoms with Crippen LogP contribution in [0.4, 0.5) is 24.7 Å². The summed E-state index contributed by atoms with van der Waals surface area (Å²) >= 11 is 0. The van der Waals surface area contributed by atoms with Crippen molar-refractivity contribution in [3.63, 3.8) is 0 Å². The van der Waals surface area contributed by atoms with Crippen LogP contribution in [0.15, 0.2) is 18.3 Å². The maximum atomic E-state index is 12.3. The van der Waals surface area contributed by atoms with Crippen molar-refractivity contribution in [2.45, 2.75) is 63.8 Å². The van der Waals surface area contributed by atoms with E-state index in [1.165, 1.54) is 12.3 Å². The summed E-state index contributed by atoms with van der Waals surface area (Å²) in [5.41, 5.74) is 0.00695. The number of hydrogen-bond acceptors (Lipinski definition) is 4. The maximum absolute atomic E-state index is 12.3. The van der Waals surface area contributed by atoms with Gasteiger partial charge in [-0.1, -0.05) is 13.8 Å². The number of piperidine rings is 1. The molecule has 0 aromatic carbocycles. The molecule has 2 saturated heterocycles. The SMILES string of the molecule is CC(C)C(=O)NC1CC2CCC(C1)N2c1ccc(NC(=O)C(F)(F)F)cn1. The number of hydrogen-bond donors (Lipinski definition) is 2. The summed E-state index contributed by atoms with van der Waals surface area (Å²) in [4.78, 5) is 29.4. The molecular formula is C18H23F3N4O2. The first-order chi connectivity index (χ1) is 12.6. The van der Waals surface area contributed by atoms with Crippen LogP contribution in [0.2, 0.25) is 0 Å².